The summed E-state index contributed by atoms with van der Waals surface area (Å²) in [7, 11) is 0. The van der Waals surface area contributed by atoms with Crippen molar-refractivity contribution in [1.29, 1.82) is 0 Å². The maximum atomic E-state index is 5.78. The van der Waals surface area contributed by atoms with Crippen LogP contribution >= 0.6 is 0 Å². The first kappa shape index (κ1) is 18.7. The van der Waals surface area contributed by atoms with Gasteiger partial charge >= 0.3 is 0 Å². The monoisotopic (exact) mass is 356 g/mol. The minimum atomic E-state index is 0.576. The number of quaternary nitrogens is 1. The summed E-state index contributed by atoms with van der Waals surface area (Å²) in [6, 6.07) is 18.7. The molecular formula is C22H30NO3+. The molecule has 4 heteroatoms. The van der Waals surface area contributed by atoms with Gasteiger partial charge in [0.1, 0.15) is 24.7 Å². The maximum absolute atomic E-state index is 5.78. The summed E-state index contributed by atoms with van der Waals surface area (Å²) in [5.41, 5.74) is 1.16. The number of rotatable bonds is 11. The van der Waals surface area contributed by atoms with Gasteiger partial charge in [0.05, 0.1) is 25.8 Å². The molecule has 2 aromatic carbocycles. The number of hydrogen-bond donors (Lipinski definition) is 1. The zero-order chi connectivity index (χ0) is 17.9. The molecule has 1 aliphatic carbocycles. The fourth-order valence-electron chi connectivity index (χ4n) is 3.27. The van der Waals surface area contributed by atoms with Crippen LogP contribution in [0, 0.1) is 0 Å². The lowest BCUT2D eigenvalue weighted by molar-refractivity contribution is -0.689. The van der Waals surface area contributed by atoms with E-state index in [1.165, 1.54) is 25.7 Å². The molecule has 1 saturated carbocycles. The third-order valence-electron chi connectivity index (χ3n) is 4.73. The van der Waals surface area contributed by atoms with Crippen molar-refractivity contribution in [3.8, 4) is 11.5 Å². The fourth-order valence-corrected chi connectivity index (χ4v) is 3.27. The zero-order valence-corrected chi connectivity index (χ0v) is 15.4. The molecule has 0 radical (unpaired) electrons. The molecule has 0 unspecified atom stereocenters. The van der Waals surface area contributed by atoms with Crippen LogP contribution in [0.5, 0.6) is 11.5 Å². The number of benzene rings is 2. The van der Waals surface area contributed by atoms with Gasteiger partial charge in [-0.15, -0.1) is 0 Å². The second-order valence-electron chi connectivity index (χ2n) is 6.78. The van der Waals surface area contributed by atoms with Crippen LogP contribution in [0.4, 0.5) is 0 Å². The highest BCUT2D eigenvalue weighted by molar-refractivity contribution is 5.31. The lowest BCUT2D eigenvalue weighted by Crippen LogP contribution is -2.90. The first-order valence-corrected chi connectivity index (χ1v) is 9.71. The molecule has 1 aliphatic rings. The van der Waals surface area contributed by atoms with Gasteiger partial charge in [0.15, 0.2) is 0 Å². The van der Waals surface area contributed by atoms with Crippen molar-refractivity contribution in [2.45, 2.75) is 38.3 Å². The van der Waals surface area contributed by atoms with Crippen LogP contribution in [0.2, 0.25) is 0 Å². The van der Waals surface area contributed by atoms with Gasteiger partial charge in [-0.05, 0) is 55.5 Å². The SMILES string of the molecule is c1ccc(COc2ccc(OCCOCC[NH2+]C3CCCC3)cc2)cc1. The summed E-state index contributed by atoms with van der Waals surface area (Å²) in [4.78, 5) is 0. The highest BCUT2D eigenvalue weighted by atomic mass is 16.5. The van der Waals surface area contributed by atoms with Crippen molar-refractivity contribution < 1.29 is 19.5 Å². The van der Waals surface area contributed by atoms with E-state index in [2.05, 4.69) is 17.4 Å². The molecule has 2 N–H and O–H groups in total. The van der Waals surface area contributed by atoms with Gasteiger partial charge in [0.2, 0.25) is 0 Å². The van der Waals surface area contributed by atoms with E-state index in [-0.39, 0.29) is 0 Å². The van der Waals surface area contributed by atoms with Crippen molar-refractivity contribution in [2.75, 3.05) is 26.4 Å². The van der Waals surface area contributed by atoms with Gasteiger partial charge in [-0.2, -0.15) is 0 Å². The van der Waals surface area contributed by atoms with Crippen molar-refractivity contribution >= 4 is 0 Å². The Hall–Kier alpha value is -2.04. The first-order chi connectivity index (χ1) is 12.9. The molecule has 1 fully saturated rings. The quantitative estimate of drug-likeness (QED) is 0.629. The Balaban J connectivity index is 1.24. The van der Waals surface area contributed by atoms with Gasteiger partial charge in [0, 0.05) is 0 Å². The molecule has 0 heterocycles. The van der Waals surface area contributed by atoms with Crippen molar-refractivity contribution in [3.63, 3.8) is 0 Å². The van der Waals surface area contributed by atoms with Crippen molar-refractivity contribution in [1.82, 2.24) is 0 Å². The lowest BCUT2D eigenvalue weighted by atomic mass is 10.2. The highest BCUT2D eigenvalue weighted by Gasteiger charge is 2.16. The van der Waals surface area contributed by atoms with E-state index in [1.807, 2.05) is 42.5 Å². The van der Waals surface area contributed by atoms with Crippen LogP contribution in [-0.2, 0) is 11.3 Å². The average molecular weight is 356 g/mol. The van der Waals surface area contributed by atoms with Crippen LogP contribution in [0.15, 0.2) is 54.6 Å². The van der Waals surface area contributed by atoms with Crippen molar-refractivity contribution in [3.05, 3.63) is 60.2 Å². The molecule has 0 atom stereocenters. The highest BCUT2D eigenvalue weighted by Crippen LogP contribution is 2.18. The number of hydrogen-bond acceptors (Lipinski definition) is 3. The van der Waals surface area contributed by atoms with Gasteiger partial charge < -0.3 is 19.5 Å². The molecule has 3 rings (SSSR count). The van der Waals surface area contributed by atoms with Crippen LogP contribution in [0.3, 0.4) is 0 Å². The van der Waals surface area contributed by atoms with E-state index in [0.717, 1.165) is 36.3 Å². The van der Waals surface area contributed by atoms with E-state index in [0.29, 0.717) is 19.8 Å². The minimum Gasteiger partial charge on any atom is -0.491 e. The van der Waals surface area contributed by atoms with Gasteiger partial charge in [-0.25, -0.2) is 0 Å². The zero-order valence-electron chi connectivity index (χ0n) is 15.4. The summed E-state index contributed by atoms with van der Waals surface area (Å²) in [5, 5.41) is 2.43. The average Bonchev–Trinajstić information content (AvgIpc) is 3.21. The predicted molar refractivity (Wildman–Crippen MR) is 103 cm³/mol. The van der Waals surface area contributed by atoms with E-state index < -0.39 is 0 Å². The molecule has 2 aromatic rings. The van der Waals surface area contributed by atoms with E-state index in [4.69, 9.17) is 14.2 Å². The smallest absolute Gasteiger partial charge is 0.120 e. The first-order valence-electron chi connectivity index (χ1n) is 9.71. The largest absolute Gasteiger partial charge is 0.491 e. The summed E-state index contributed by atoms with van der Waals surface area (Å²) in [6.07, 6.45) is 5.53. The van der Waals surface area contributed by atoms with Crippen LogP contribution in [0.1, 0.15) is 31.2 Å². The third kappa shape index (κ3) is 6.70. The summed E-state index contributed by atoms with van der Waals surface area (Å²) < 4.78 is 17.1. The normalized spacial score (nSPS) is 14.5. The molecule has 0 amide bonds. The Kier molecular flexibility index (Phi) is 7.81. The van der Waals surface area contributed by atoms with Gasteiger partial charge in [-0.3, -0.25) is 0 Å². The molecule has 26 heavy (non-hydrogen) atoms. The minimum absolute atomic E-state index is 0.576. The lowest BCUT2D eigenvalue weighted by Gasteiger charge is -2.10. The summed E-state index contributed by atoms with van der Waals surface area (Å²) in [6.45, 7) is 3.63. The fraction of sp³-hybridized carbons (Fsp3) is 0.455. The topological polar surface area (TPSA) is 44.3 Å². The molecular weight excluding hydrogens is 326 g/mol. The second kappa shape index (κ2) is 10.8. The Morgan fingerprint density at radius 1 is 0.769 bits per heavy atom. The summed E-state index contributed by atoms with van der Waals surface area (Å²) >= 11 is 0. The Bertz CT molecular complexity index is 609. The van der Waals surface area contributed by atoms with Crippen LogP contribution in [-0.4, -0.2) is 32.4 Å². The molecule has 0 spiro atoms. The number of ether oxygens (including phenoxy) is 3. The van der Waals surface area contributed by atoms with E-state index in [1.54, 1.807) is 0 Å². The molecule has 4 nitrogen and oxygen atoms in total. The molecule has 0 bridgehead atoms. The molecule has 0 aliphatic heterocycles. The Morgan fingerprint density at radius 3 is 2.19 bits per heavy atom. The third-order valence-corrected chi connectivity index (χ3v) is 4.73. The number of nitrogens with two attached hydrogens (primary N) is 1. The molecule has 140 valence electrons. The molecule has 0 aromatic heterocycles. The van der Waals surface area contributed by atoms with Gasteiger partial charge in [0.25, 0.3) is 0 Å². The summed E-state index contributed by atoms with van der Waals surface area (Å²) in [5.74, 6) is 1.69. The predicted octanol–water partition coefficient (Wildman–Crippen LogP) is 3.17. The van der Waals surface area contributed by atoms with E-state index >= 15 is 0 Å². The Labute approximate surface area is 156 Å². The standard InChI is InChI=1S/C22H29NO3/c1-2-6-19(7-3-1)18-26-22-12-10-21(11-13-22)25-17-16-24-15-14-23-20-8-4-5-9-20/h1-3,6-7,10-13,20,23H,4-5,8-9,14-18H2/p+1. The van der Waals surface area contributed by atoms with Gasteiger partial charge in [-0.1, -0.05) is 30.3 Å². The van der Waals surface area contributed by atoms with Crippen molar-refractivity contribution in [2.24, 2.45) is 0 Å². The van der Waals surface area contributed by atoms with Crippen LogP contribution in [0.25, 0.3) is 0 Å². The Morgan fingerprint density at radius 2 is 1.46 bits per heavy atom. The second-order valence-corrected chi connectivity index (χ2v) is 6.78. The van der Waals surface area contributed by atoms with E-state index in [9.17, 15) is 0 Å². The molecule has 0 saturated heterocycles. The van der Waals surface area contributed by atoms with Crippen LogP contribution < -0.4 is 14.8 Å². The maximum Gasteiger partial charge on any atom is 0.120 e.